The van der Waals surface area contributed by atoms with E-state index in [1.54, 1.807) is 0 Å². The van der Waals surface area contributed by atoms with E-state index in [4.69, 9.17) is 5.73 Å². The van der Waals surface area contributed by atoms with E-state index in [0.29, 0.717) is 24.6 Å². The van der Waals surface area contributed by atoms with Crippen LogP contribution in [0.15, 0.2) is 0 Å². The largest absolute Gasteiger partial charge is 0.391 e. The van der Waals surface area contributed by atoms with Crippen molar-refractivity contribution in [2.24, 2.45) is 11.7 Å². The van der Waals surface area contributed by atoms with Crippen LogP contribution in [0.2, 0.25) is 0 Å². The van der Waals surface area contributed by atoms with Crippen LogP contribution in [0.1, 0.15) is 56.6 Å². The Balaban J connectivity index is 2.20. The molecule has 0 aromatic carbocycles. The third-order valence-corrected chi connectivity index (χ3v) is 3.99. The lowest BCUT2D eigenvalue weighted by Crippen LogP contribution is -2.29. The minimum Gasteiger partial charge on any atom is -0.324 e. The summed E-state index contributed by atoms with van der Waals surface area (Å²) in [5, 5.41) is 8.13. The molecule has 0 radical (unpaired) electrons. The van der Waals surface area contributed by atoms with Crippen LogP contribution in [-0.2, 0) is 13.1 Å². The summed E-state index contributed by atoms with van der Waals surface area (Å²) in [6.07, 6.45) is -1.54. The van der Waals surface area contributed by atoms with Gasteiger partial charge in [0.2, 0.25) is 0 Å². The van der Waals surface area contributed by atoms with E-state index in [1.165, 1.54) is 0 Å². The molecule has 1 aromatic rings. The molecule has 4 nitrogen and oxygen atoms in total. The van der Waals surface area contributed by atoms with E-state index in [-0.39, 0.29) is 25.3 Å². The number of hydrogen-bond acceptors (Lipinski definition) is 3. The fourth-order valence-corrected chi connectivity index (χ4v) is 2.99. The van der Waals surface area contributed by atoms with Crippen LogP contribution >= 0.6 is 0 Å². The normalized spacial score (nSPS) is 24.1. The molecule has 0 spiro atoms. The van der Waals surface area contributed by atoms with E-state index in [2.05, 4.69) is 10.2 Å². The Morgan fingerprint density at radius 1 is 1.30 bits per heavy atom. The van der Waals surface area contributed by atoms with Gasteiger partial charge in [0.15, 0.2) is 0 Å². The number of alkyl halides is 3. The van der Waals surface area contributed by atoms with Crippen molar-refractivity contribution >= 4 is 0 Å². The maximum atomic E-state index is 12.9. The molecule has 1 saturated carbocycles. The molecule has 2 N–H and O–H groups in total. The van der Waals surface area contributed by atoms with Gasteiger partial charge in [-0.1, -0.05) is 13.3 Å². The number of rotatable bonds is 4. The van der Waals surface area contributed by atoms with E-state index < -0.39 is 12.1 Å². The molecule has 2 unspecified atom stereocenters. The van der Waals surface area contributed by atoms with Gasteiger partial charge in [-0.15, -0.1) is 10.2 Å². The quantitative estimate of drug-likeness (QED) is 0.927. The first kappa shape index (κ1) is 15.3. The summed E-state index contributed by atoms with van der Waals surface area (Å²) in [5.74, 6) is -0.0266. The van der Waals surface area contributed by atoms with Crippen molar-refractivity contribution in [3.63, 3.8) is 0 Å². The van der Waals surface area contributed by atoms with Crippen LogP contribution < -0.4 is 5.73 Å². The zero-order chi connectivity index (χ0) is 14.8. The zero-order valence-electron chi connectivity index (χ0n) is 11.7. The first-order chi connectivity index (χ1) is 9.47. The summed E-state index contributed by atoms with van der Waals surface area (Å²) >= 11 is 0. The number of aromatic nitrogens is 3. The monoisotopic (exact) mass is 290 g/mol. The van der Waals surface area contributed by atoms with Gasteiger partial charge >= 0.3 is 6.18 Å². The molecule has 0 amide bonds. The van der Waals surface area contributed by atoms with Crippen molar-refractivity contribution < 1.29 is 13.2 Å². The highest BCUT2D eigenvalue weighted by molar-refractivity contribution is 5.04. The van der Waals surface area contributed by atoms with Gasteiger partial charge in [0.05, 0.1) is 12.5 Å². The molecule has 1 aliphatic rings. The highest BCUT2D eigenvalue weighted by Gasteiger charge is 2.43. The summed E-state index contributed by atoms with van der Waals surface area (Å²) in [4.78, 5) is 0. The van der Waals surface area contributed by atoms with Crippen molar-refractivity contribution in [2.75, 3.05) is 0 Å². The third-order valence-electron chi connectivity index (χ3n) is 3.99. The Morgan fingerprint density at radius 2 is 2.05 bits per heavy atom. The molecule has 1 aromatic heterocycles. The topological polar surface area (TPSA) is 56.7 Å². The maximum Gasteiger partial charge on any atom is 0.391 e. The van der Waals surface area contributed by atoms with Crippen molar-refractivity contribution in [3.05, 3.63) is 11.6 Å². The van der Waals surface area contributed by atoms with Crippen LogP contribution in [0.5, 0.6) is 0 Å². The second kappa shape index (κ2) is 6.11. The first-order valence-corrected chi connectivity index (χ1v) is 7.16. The lowest BCUT2D eigenvalue weighted by molar-refractivity contribution is -0.183. The molecule has 20 heavy (non-hydrogen) atoms. The van der Waals surface area contributed by atoms with Crippen molar-refractivity contribution in [3.8, 4) is 0 Å². The Kier molecular flexibility index (Phi) is 4.67. The molecule has 0 aliphatic heterocycles. The molecule has 7 heteroatoms. The molecule has 1 heterocycles. The van der Waals surface area contributed by atoms with E-state index in [1.807, 2.05) is 11.5 Å². The smallest absolute Gasteiger partial charge is 0.324 e. The number of halogens is 3. The molecule has 0 saturated heterocycles. The Bertz CT molecular complexity index is 441. The van der Waals surface area contributed by atoms with Crippen LogP contribution in [0.4, 0.5) is 13.2 Å². The summed E-state index contributed by atoms with van der Waals surface area (Å²) in [5.41, 5.74) is 5.62. The lowest BCUT2D eigenvalue weighted by atomic mass is 9.80. The average molecular weight is 290 g/mol. The van der Waals surface area contributed by atoms with Gasteiger partial charge in [-0.2, -0.15) is 13.2 Å². The lowest BCUT2D eigenvalue weighted by Gasteiger charge is -2.30. The second-order valence-electron chi connectivity index (χ2n) is 5.43. The third kappa shape index (κ3) is 3.13. The Hall–Kier alpha value is -1.11. The fourth-order valence-electron chi connectivity index (χ4n) is 2.99. The van der Waals surface area contributed by atoms with Gasteiger partial charge in [0.1, 0.15) is 11.6 Å². The average Bonchev–Trinajstić information content (AvgIpc) is 2.81. The number of nitrogens with zero attached hydrogens (tertiary/aromatic N) is 3. The standard InChI is InChI=1S/C13H21F3N4/c1-2-6-20-11(8-17)18-19-12(20)9-4-3-5-10(7-9)13(14,15)16/h9-10H,2-8,17H2,1H3. The molecule has 2 atom stereocenters. The van der Waals surface area contributed by atoms with Gasteiger partial charge in [-0.3, -0.25) is 0 Å². The maximum absolute atomic E-state index is 12.9. The Morgan fingerprint density at radius 3 is 2.65 bits per heavy atom. The highest BCUT2D eigenvalue weighted by atomic mass is 19.4. The predicted octanol–water partition coefficient (Wildman–Crippen LogP) is 2.98. The minimum absolute atomic E-state index is 0.121. The van der Waals surface area contributed by atoms with Crippen molar-refractivity contribution in [2.45, 2.75) is 64.2 Å². The molecule has 2 rings (SSSR count). The van der Waals surface area contributed by atoms with Crippen LogP contribution in [0, 0.1) is 5.92 Å². The molecular weight excluding hydrogens is 269 g/mol. The predicted molar refractivity (Wildman–Crippen MR) is 69.0 cm³/mol. The van der Waals surface area contributed by atoms with Crippen molar-refractivity contribution in [1.29, 1.82) is 0 Å². The second-order valence-corrected chi connectivity index (χ2v) is 5.43. The van der Waals surface area contributed by atoms with Gasteiger partial charge in [0.25, 0.3) is 0 Å². The first-order valence-electron chi connectivity index (χ1n) is 7.16. The van der Waals surface area contributed by atoms with Crippen LogP contribution in [-0.4, -0.2) is 20.9 Å². The van der Waals surface area contributed by atoms with Gasteiger partial charge in [-0.25, -0.2) is 0 Å². The van der Waals surface area contributed by atoms with Crippen molar-refractivity contribution in [1.82, 2.24) is 14.8 Å². The zero-order valence-corrected chi connectivity index (χ0v) is 11.7. The summed E-state index contributed by atoms with van der Waals surface area (Å²) < 4.78 is 40.6. The van der Waals surface area contributed by atoms with E-state index in [0.717, 1.165) is 12.8 Å². The number of hydrogen-bond donors (Lipinski definition) is 1. The Labute approximate surface area is 116 Å². The van der Waals surface area contributed by atoms with Gasteiger partial charge < -0.3 is 10.3 Å². The summed E-state index contributed by atoms with van der Waals surface area (Å²) in [6.45, 7) is 2.99. The van der Waals surface area contributed by atoms with Crippen LogP contribution in [0.3, 0.4) is 0 Å². The molecule has 114 valence electrons. The fraction of sp³-hybridized carbons (Fsp3) is 0.846. The van der Waals surface area contributed by atoms with Gasteiger partial charge in [-0.05, 0) is 25.7 Å². The van der Waals surface area contributed by atoms with Crippen LogP contribution in [0.25, 0.3) is 0 Å². The highest BCUT2D eigenvalue weighted by Crippen LogP contribution is 2.43. The summed E-state index contributed by atoms with van der Waals surface area (Å²) in [7, 11) is 0. The summed E-state index contributed by atoms with van der Waals surface area (Å²) in [6, 6.07) is 0. The molecular formula is C13H21F3N4. The van der Waals surface area contributed by atoms with E-state index in [9.17, 15) is 13.2 Å². The van der Waals surface area contributed by atoms with Gasteiger partial charge in [0, 0.05) is 12.5 Å². The number of nitrogens with two attached hydrogens (primary N) is 1. The SMILES string of the molecule is CCCn1c(CN)nnc1C1CCCC(C(F)(F)F)C1. The minimum atomic E-state index is -4.11. The molecule has 0 bridgehead atoms. The molecule has 1 aliphatic carbocycles. The molecule has 1 fully saturated rings. The van der Waals surface area contributed by atoms with E-state index >= 15 is 0 Å².